The lowest BCUT2D eigenvalue weighted by Gasteiger charge is -2.28. The molecule has 1 aliphatic heterocycles. The molecule has 1 aliphatic rings. The minimum absolute atomic E-state index is 0.320. The molecular formula is C16H20N4O2. The Bertz CT molecular complexity index is 671. The molecule has 0 saturated carbocycles. The molecule has 0 radical (unpaired) electrons. The van der Waals surface area contributed by atoms with Crippen LogP contribution >= 0.6 is 0 Å². The number of benzene rings is 1. The van der Waals surface area contributed by atoms with Crippen molar-refractivity contribution in [3.8, 4) is 5.75 Å². The monoisotopic (exact) mass is 300 g/mol. The minimum atomic E-state index is 0.320. The molecule has 1 aromatic carbocycles. The molecular weight excluding hydrogens is 280 g/mol. The number of hydrogen-bond donors (Lipinski definition) is 3. The van der Waals surface area contributed by atoms with Crippen LogP contribution in [0.3, 0.4) is 0 Å². The molecule has 1 fully saturated rings. The van der Waals surface area contributed by atoms with Gasteiger partial charge in [-0.15, -0.1) is 0 Å². The van der Waals surface area contributed by atoms with E-state index in [0.717, 1.165) is 28.5 Å². The summed E-state index contributed by atoms with van der Waals surface area (Å²) >= 11 is 0. The van der Waals surface area contributed by atoms with Gasteiger partial charge in [0.25, 0.3) is 0 Å². The molecule has 1 aromatic heterocycles. The van der Waals surface area contributed by atoms with Gasteiger partial charge in [0.15, 0.2) is 0 Å². The third-order valence-electron chi connectivity index (χ3n) is 3.63. The summed E-state index contributed by atoms with van der Waals surface area (Å²) in [6, 6.07) is 8.10. The van der Waals surface area contributed by atoms with Crippen molar-refractivity contribution in [1.82, 2.24) is 4.98 Å². The number of hydrogen-bond acceptors (Lipinski definition) is 6. The molecule has 6 nitrogen and oxygen atoms in total. The number of ether oxygens (including phenoxy) is 2. The van der Waals surface area contributed by atoms with Gasteiger partial charge in [-0.2, -0.15) is 0 Å². The summed E-state index contributed by atoms with van der Waals surface area (Å²) < 4.78 is 10.4. The summed E-state index contributed by atoms with van der Waals surface area (Å²) in [7, 11) is 1.66. The van der Waals surface area contributed by atoms with E-state index in [9.17, 15) is 0 Å². The van der Waals surface area contributed by atoms with Crippen LogP contribution in [0.15, 0.2) is 30.5 Å². The topological polar surface area (TPSA) is 81.4 Å². The summed E-state index contributed by atoms with van der Waals surface area (Å²) in [6.45, 7) is 3.44. The number of methoxy groups -OCH3 is 1. The molecule has 0 aliphatic carbocycles. The number of pyridine rings is 1. The van der Waals surface area contributed by atoms with Gasteiger partial charge in [-0.1, -0.05) is 0 Å². The second-order valence-corrected chi connectivity index (χ2v) is 5.34. The highest BCUT2D eigenvalue weighted by molar-refractivity contribution is 5.72. The summed E-state index contributed by atoms with van der Waals surface area (Å²) in [4.78, 5) is 4.33. The number of nitrogens with two attached hydrogens (primary N) is 1. The van der Waals surface area contributed by atoms with Crippen LogP contribution in [0.4, 0.5) is 22.9 Å². The average Bonchev–Trinajstić information content (AvgIpc) is 2.47. The first kappa shape index (κ1) is 14.5. The van der Waals surface area contributed by atoms with E-state index >= 15 is 0 Å². The van der Waals surface area contributed by atoms with Crippen molar-refractivity contribution in [2.45, 2.75) is 13.0 Å². The normalized spacial score (nSPS) is 14.3. The maximum absolute atomic E-state index is 5.97. The molecule has 116 valence electrons. The highest BCUT2D eigenvalue weighted by Gasteiger charge is 2.19. The first-order valence-electron chi connectivity index (χ1n) is 7.17. The van der Waals surface area contributed by atoms with Gasteiger partial charge in [0.05, 0.1) is 43.9 Å². The zero-order chi connectivity index (χ0) is 15.5. The summed E-state index contributed by atoms with van der Waals surface area (Å²) in [6.07, 6.45) is 1.66. The standard InChI is InChI=1S/C16H20N4O2/c1-10-5-12(21-2)3-4-14(10)20-16-6-15(13(17)7-18-16)19-11-8-22-9-11/h3-7,11H,8-9,17H2,1-2H3,(H2,18,19,20). The molecule has 0 spiro atoms. The lowest BCUT2D eigenvalue weighted by atomic mass is 10.2. The minimum Gasteiger partial charge on any atom is -0.497 e. The van der Waals surface area contributed by atoms with E-state index in [2.05, 4.69) is 15.6 Å². The Morgan fingerprint density at radius 3 is 2.73 bits per heavy atom. The zero-order valence-corrected chi connectivity index (χ0v) is 12.7. The largest absolute Gasteiger partial charge is 0.497 e. The maximum atomic E-state index is 5.97. The van der Waals surface area contributed by atoms with E-state index in [1.807, 2.05) is 31.2 Å². The number of anilines is 4. The number of rotatable bonds is 5. The fourth-order valence-corrected chi connectivity index (χ4v) is 2.24. The summed E-state index contributed by atoms with van der Waals surface area (Å²) in [5.41, 5.74) is 9.53. The van der Waals surface area contributed by atoms with Gasteiger partial charge in [0, 0.05) is 11.8 Å². The Morgan fingerprint density at radius 1 is 1.27 bits per heavy atom. The van der Waals surface area contributed by atoms with Gasteiger partial charge >= 0.3 is 0 Å². The van der Waals surface area contributed by atoms with E-state index in [1.54, 1.807) is 13.3 Å². The number of nitrogen functional groups attached to an aromatic ring is 1. The summed E-state index contributed by atoms with van der Waals surface area (Å²) in [5, 5.41) is 6.66. The Hall–Kier alpha value is -2.47. The van der Waals surface area contributed by atoms with Crippen molar-refractivity contribution in [3.05, 3.63) is 36.0 Å². The Morgan fingerprint density at radius 2 is 2.09 bits per heavy atom. The van der Waals surface area contributed by atoms with Crippen molar-refractivity contribution in [3.63, 3.8) is 0 Å². The van der Waals surface area contributed by atoms with Crippen molar-refractivity contribution < 1.29 is 9.47 Å². The quantitative estimate of drug-likeness (QED) is 0.787. The van der Waals surface area contributed by atoms with Crippen LogP contribution < -0.4 is 21.1 Å². The SMILES string of the molecule is COc1ccc(Nc2cc(NC3COC3)c(N)cn2)c(C)c1. The van der Waals surface area contributed by atoms with Crippen LogP contribution in [0.25, 0.3) is 0 Å². The second kappa shape index (κ2) is 6.11. The number of nitrogens with zero attached hydrogens (tertiary/aromatic N) is 1. The second-order valence-electron chi connectivity index (χ2n) is 5.34. The lowest BCUT2D eigenvalue weighted by Crippen LogP contribution is -2.40. The van der Waals surface area contributed by atoms with E-state index in [1.165, 1.54) is 0 Å². The van der Waals surface area contributed by atoms with Crippen LogP contribution in [0.5, 0.6) is 5.75 Å². The van der Waals surface area contributed by atoms with Crippen molar-refractivity contribution in [2.75, 3.05) is 36.7 Å². The van der Waals surface area contributed by atoms with Crippen LogP contribution in [0.2, 0.25) is 0 Å². The Balaban J connectivity index is 1.78. The molecule has 2 aromatic rings. The van der Waals surface area contributed by atoms with Gasteiger partial charge in [-0.05, 0) is 30.7 Å². The highest BCUT2D eigenvalue weighted by atomic mass is 16.5. The lowest BCUT2D eigenvalue weighted by molar-refractivity contribution is 0.0211. The van der Waals surface area contributed by atoms with Gasteiger partial charge < -0.3 is 25.8 Å². The van der Waals surface area contributed by atoms with Gasteiger partial charge in [-0.3, -0.25) is 0 Å². The Labute approximate surface area is 129 Å². The molecule has 4 N–H and O–H groups in total. The smallest absolute Gasteiger partial charge is 0.132 e. The molecule has 0 unspecified atom stereocenters. The Kier molecular flexibility index (Phi) is 4.02. The van der Waals surface area contributed by atoms with Crippen LogP contribution in [0, 0.1) is 6.92 Å². The van der Waals surface area contributed by atoms with Gasteiger partial charge in [0.2, 0.25) is 0 Å². The highest BCUT2D eigenvalue weighted by Crippen LogP contribution is 2.27. The van der Waals surface area contributed by atoms with Crippen molar-refractivity contribution >= 4 is 22.9 Å². The average molecular weight is 300 g/mol. The van der Waals surface area contributed by atoms with E-state index in [-0.39, 0.29) is 0 Å². The summed E-state index contributed by atoms with van der Waals surface area (Å²) in [5.74, 6) is 1.57. The van der Waals surface area contributed by atoms with E-state index in [0.29, 0.717) is 24.9 Å². The first-order chi connectivity index (χ1) is 10.7. The molecule has 22 heavy (non-hydrogen) atoms. The molecule has 6 heteroatoms. The van der Waals surface area contributed by atoms with E-state index < -0.39 is 0 Å². The molecule has 0 atom stereocenters. The zero-order valence-electron chi connectivity index (χ0n) is 12.7. The maximum Gasteiger partial charge on any atom is 0.132 e. The number of aromatic nitrogens is 1. The molecule has 1 saturated heterocycles. The number of aryl methyl sites for hydroxylation is 1. The predicted octanol–water partition coefficient (Wildman–Crippen LogP) is 2.54. The predicted molar refractivity (Wildman–Crippen MR) is 87.9 cm³/mol. The first-order valence-corrected chi connectivity index (χ1v) is 7.17. The van der Waals surface area contributed by atoms with Gasteiger partial charge in [0.1, 0.15) is 11.6 Å². The van der Waals surface area contributed by atoms with E-state index in [4.69, 9.17) is 15.2 Å². The molecule has 3 rings (SSSR count). The van der Waals surface area contributed by atoms with Crippen LogP contribution in [-0.4, -0.2) is 31.3 Å². The third kappa shape index (κ3) is 3.07. The van der Waals surface area contributed by atoms with Crippen molar-refractivity contribution in [2.24, 2.45) is 0 Å². The van der Waals surface area contributed by atoms with Crippen molar-refractivity contribution in [1.29, 1.82) is 0 Å². The number of nitrogens with one attached hydrogen (secondary N) is 2. The fourth-order valence-electron chi connectivity index (χ4n) is 2.24. The van der Waals surface area contributed by atoms with Gasteiger partial charge in [-0.25, -0.2) is 4.98 Å². The fraction of sp³-hybridized carbons (Fsp3) is 0.312. The molecule has 2 heterocycles. The molecule has 0 amide bonds. The van der Waals surface area contributed by atoms with Crippen LogP contribution in [0.1, 0.15) is 5.56 Å². The van der Waals surface area contributed by atoms with Crippen LogP contribution in [-0.2, 0) is 4.74 Å². The third-order valence-corrected chi connectivity index (χ3v) is 3.63. The molecule has 0 bridgehead atoms.